The van der Waals surface area contributed by atoms with Crippen LogP contribution in [0.5, 0.6) is 0 Å². The lowest BCUT2D eigenvalue weighted by atomic mass is 10.1. The highest BCUT2D eigenvalue weighted by atomic mass is 16.2. The van der Waals surface area contributed by atoms with Crippen LogP contribution in [-0.2, 0) is 20.0 Å². The average Bonchev–Trinajstić information content (AvgIpc) is 3.06. The summed E-state index contributed by atoms with van der Waals surface area (Å²) in [5, 5.41) is 10.2. The topological polar surface area (TPSA) is 71.8 Å². The molecular formula is C20H23N5O. The van der Waals surface area contributed by atoms with Crippen LogP contribution < -0.4 is 10.6 Å². The van der Waals surface area contributed by atoms with E-state index in [1.165, 1.54) is 5.56 Å². The van der Waals surface area contributed by atoms with Gasteiger partial charge in [-0.3, -0.25) is 9.67 Å². The third-order valence-electron chi connectivity index (χ3n) is 4.06. The molecule has 0 unspecified atom stereocenters. The summed E-state index contributed by atoms with van der Waals surface area (Å²) in [6.45, 7) is 1.02. The lowest BCUT2D eigenvalue weighted by Gasteiger charge is -2.06. The van der Waals surface area contributed by atoms with E-state index in [9.17, 15) is 4.79 Å². The van der Waals surface area contributed by atoms with Gasteiger partial charge in [0.25, 0.3) is 0 Å². The van der Waals surface area contributed by atoms with Gasteiger partial charge in [-0.05, 0) is 36.6 Å². The van der Waals surface area contributed by atoms with Crippen LogP contribution in [-0.4, -0.2) is 27.3 Å². The summed E-state index contributed by atoms with van der Waals surface area (Å²) in [5.41, 5.74) is 3.86. The molecule has 6 nitrogen and oxygen atoms in total. The SMILES string of the molecule is Cn1nc(CNC(=O)NCCCc2ccccc2)cc1-c1ccccn1. The first-order chi connectivity index (χ1) is 12.7. The number of amides is 2. The zero-order valence-electron chi connectivity index (χ0n) is 14.9. The predicted octanol–water partition coefficient (Wildman–Crippen LogP) is 2.91. The van der Waals surface area contributed by atoms with Crippen LogP contribution in [0, 0.1) is 0 Å². The van der Waals surface area contributed by atoms with Crippen molar-refractivity contribution in [3.63, 3.8) is 0 Å². The maximum Gasteiger partial charge on any atom is 0.315 e. The van der Waals surface area contributed by atoms with Crippen molar-refractivity contribution in [3.05, 3.63) is 72.1 Å². The van der Waals surface area contributed by atoms with Crippen LogP contribution in [0.3, 0.4) is 0 Å². The molecule has 0 spiro atoms. The molecular weight excluding hydrogens is 326 g/mol. The Morgan fingerprint density at radius 2 is 1.88 bits per heavy atom. The van der Waals surface area contributed by atoms with Crippen molar-refractivity contribution < 1.29 is 4.79 Å². The Labute approximate surface area is 153 Å². The molecule has 3 aromatic rings. The number of rotatable bonds is 7. The number of urea groups is 1. The van der Waals surface area contributed by atoms with Crippen molar-refractivity contribution >= 4 is 6.03 Å². The van der Waals surface area contributed by atoms with Gasteiger partial charge in [0.15, 0.2) is 0 Å². The molecule has 2 aromatic heterocycles. The van der Waals surface area contributed by atoms with Crippen LogP contribution in [0.2, 0.25) is 0 Å². The van der Waals surface area contributed by atoms with Crippen LogP contribution in [0.4, 0.5) is 4.79 Å². The second kappa shape index (κ2) is 8.80. The first kappa shape index (κ1) is 17.7. The van der Waals surface area contributed by atoms with Crippen LogP contribution in [0.25, 0.3) is 11.4 Å². The van der Waals surface area contributed by atoms with Gasteiger partial charge in [0.05, 0.1) is 23.6 Å². The molecule has 0 radical (unpaired) electrons. The molecule has 2 amide bonds. The van der Waals surface area contributed by atoms with Crippen LogP contribution in [0.15, 0.2) is 60.8 Å². The minimum atomic E-state index is -0.178. The Kier molecular flexibility index (Phi) is 5.98. The minimum absolute atomic E-state index is 0.178. The molecule has 0 aliphatic carbocycles. The highest BCUT2D eigenvalue weighted by molar-refractivity contribution is 5.73. The molecule has 0 atom stereocenters. The first-order valence-electron chi connectivity index (χ1n) is 8.72. The van der Waals surface area contributed by atoms with Gasteiger partial charge in [0.2, 0.25) is 0 Å². The standard InChI is InChI=1S/C20H23N5O/c1-25-19(18-11-5-6-12-21-18)14-17(24-25)15-23-20(26)22-13-7-10-16-8-3-2-4-9-16/h2-6,8-9,11-12,14H,7,10,13,15H2,1H3,(H2,22,23,26). The number of hydrogen-bond acceptors (Lipinski definition) is 3. The molecule has 3 rings (SSSR count). The minimum Gasteiger partial charge on any atom is -0.338 e. The van der Waals surface area contributed by atoms with Gasteiger partial charge in [-0.15, -0.1) is 0 Å². The molecule has 2 N–H and O–H groups in total. The van der Waals surface area contributed by atoms with E-state index in [0.29, 0.717) is 13.1 Å². The lowest BCUT2D eigenvalue weighted by Crippen LogP contribution is -2.35. The second-order valence-corrected chi connectivity index (χ2v) is 6.06. The molecule has 0 aliphatic heterocycles. The third-order valence-corrected chi connectivity index (χ3v) is 4.06. The number of aryl methyl sites for hydroxylation is 2. The summed E-state index contributed by atoms with van der Waals surface area (Å²) in [7, 11) is 1.87. The number of benzene rings is 1. The van der Waals surface area contributed by atoms with Gasteiger partial charge in [-0.1, -0.05) is 36.4 Å². The lowest BCUT2D eigenvalue weighted by molar-refractivity contribution is 0.240. The number of pyridine rings is 1. The predicted molar refractivity (Wildman–Crippen MR) is 101 cm³/mol. The summed E-state index contributed by atoms with van der Waals surface area (Å²) >= 11 is 0. The monoisotopic (exact) mass is 349 g/mol. The molecule has 0 saturated heterocycles. The van der Waals surface area contributed by atoms with E-state index in [-0.39, 0.29) is 6.03 Å². The van der Waals surface area contributed by atoms with Crippen molar-refractivity contribution in [1.29, 1.82) is 0 Å². The average molecular weight is 349 g/mol. The van der Waals surface area contributed by atoms with Crippen LogP contribution >= 0.6 is 0 Å². The molecule has 6 heteroatoms. The van der Waals surface area contributed by atoms with E-state index >= 15 is 0 Å². The Hall–Kier alpha value is -3.15. The molecule has 1 aromatic carbocycles. The van der Waals surface area contributed by atoms with E-state index in [0.717, 1.165) is 29.9 Å². The first-order valence-corrected chi connectivity index (χ1v) is 8.72. The highest BCUT2D eigenvalue weighted by Gasteiger charge is 2.09. The zero-order chi connectivity index (χ0) is 18.2. The third kappa shape index (κ3) is 4.92. The number of carbonyl (C=O) groups excluding carboxylic acids is 1. The van der Waals surface area contributed by atoms with Gasteiger partial charge in [0.1, 0.15) is 0 Å². The van der Waals surface area contributed by atoms with E-state index in [4.69, 9.17) is 0 Å². The fourth-order valence-electron chi connectivity index (χ4n) is 2.74. The largest absolute Gasteiger partial charge is 0.338 e. The van der Waals surface area contributed by atoms with Crippen molar-refractivity contribution in [1.82, 2.24) is 25.4 Å². The molecule has 134 valence electrons. The fourth-order valence-corrected chi connectivity index (χ4v) is 2.74. The molecule has 26 heavy (non-hydrogen) atoms. The van der Waals surface area contributed by atoms with Crippen molar-refractivity contribution in [2.24, 2.45) is 7.05 Å². The molecule has 2 heterocycles. The van der Waals surface area contributed by atoms with Crippen molar-refractivity contribution in [2.75, 3.05) is 6.54 Å². The zero-order valence-corrected chi connectivity index (χ0v) is 14.9. The Balaban J connectivity index is 1.42. The smallest absolute Gasteiger partial charge is 0.315 e. The summed E-state index contributed by atoms with van der Waals surface area (Å²) in [5.74, 6) is 0. The summed E-state index contributed by atoms with van der Waals surface area (Å²) in [6.07, 6.45) is 3.61. The molecule has 0 fully saturated rings. The van der Waals surface area contributed by atoms with Crippen molar-refractivity contribution in [3.8, 4) is 11.4 Å². The van der Waals surface area contributed by atoms with E-state index < -0.39 is 0 Å². The normalized spacial score (nSPS) is 10.5. The number of aromatic nitrogens is 3. The van der Waals surface area contributed by atoms with Gasteiger partial charge in [0, 0.05) is 19.8 Å². The van der Waals surface area contributed by atoms with E-state index in [1.807, 2.05) is 49.5 Å². The van der Waals surface area contributed by atoms with Crippen molar-refractivity contribution in [2.45, 2.75) is 19.4 Å². The van der Waals surface area contributed by atoms with E-state index in [2.05, 4.69) is 32.8 Å². The maximum absolute atomic E-state index is 11.9. The van der Waals surface area contributed by atoms with Crippen LogP contribution in [0.1, 0.15) is 17.7 Å². The number of nitrogens with zero attached hydrogens (tertiary/aromatic N) is 3. The molecule has 0 aliphatic rings. The Morgan fingerprint density at radius 1 is 1.08 bits per heavy atom. The summed E-state index contributed by atoms with van der Waals surface area (Å²) < 4.78 is 1.77. The van der Waals surface area contributed by atoms with Gasteiger partial charge in [-0.25, -0.2) is 4.79 Å². The number of carbonyl (C=O) groups is 1. The number of hydrogen-bond donors (Lipinski definition) is 2. The van der Waals surface area contributed by atoms with E-state index in [1.54, 1.807) is 10.9 Å². The Bertz CT molecular complexity index is 830. The summed E-state index contributed by atoms with van der Waals surface area (Å²) in [4.78, 5) is 16.3. The molecule has 0 saturated carbocycles. The highest BCUT2D eigenvalue weighted by Crippen LogP contribution is 2.16. The Morgan fingerprint density at radius 3 is 2.65 bits per heavy atom. The quantitative estimate of drug-likeness (QED) is 0.644. The van der Waals surface area contributed by atoms with Gasteiger partial charge in [-0.2, -0.15) is 5.10 Å². The summed E-state index contributed by atoms with van der Waals surface area (Å²) in [6, 6.07) is 17.8. The fraction of sp³-hybridized carbons (Fsp3) is 0.250. The number of nitrogens with one attached hydrogen (secondary N) is 2. The van der Waals surface area contributed by atoms with Gasteiger partial charge >= 0.3 is 6.03 Å². The maximum atomic E-state index is 11.9. The van der Waals surface area contributed by atoms with Gasteiger partial charge < -0.3 is 10.6 Å². The second-order valence-electron chi connectivity index (χ2n) is 6.06. The molecule has 0 bridgehead atoms.